The quantitative estimate of drug-likeness (QED) is 0.508. The number of hydrogen-bond donors (Lipinski definition) is 0. The highest BCUT2D eigenvalue weighted by molar-refractivity contribution is 5.39. The van der Waals surface area contributed by atoms with Crippen LogP contribution in [0.15, 0.2) is 18.2 Å². The van der Waals surface area contributed by atoms with Gasteiger partial charge in [-0.3, -0.25) is 10.1 Å². The van der Waals surface area contributed by atoms with E-state index in [1.54, 1.807) is 0 Å². The van der Waals surface area contributed by atoms with Gasteiger partial charge in [-0.1, -0.05) is 0 Å². The van der Waals surface area contributed by atoms with Crippen molar-refractivity contribution in [1.29, 1.82) is 0 Å². The maximum absolute atomic E-state index is 12.4. The number of alkyl halides is 1. The fraction of sp³-hybridized carbons (Fsp3) is 0.143. The first kappa shape index (κ1) is 8.58. The summed E-state index contributed by atoms with van der Waals surface area (Å²) in [6.45, 7) is -1.03. The highest BCUT2D eigenvalue weighted by Crippen LogP contribution is 2.19. The number of nitro groups is 1. The second-order valence-corrected chi connectivity index (χ2v) is 2.16. The fourth-order valence-corrected chi connectivity index (χ4v) is 0.839. The Labute approximate surface area is 66.8 Å². The van der Waals surface area contributed by atoms with E-state index in [0.29, 0.717) is 0 Å². The van der Waals surface area contributed by atoms with E-state index in [-0.39, 0.29) is 11.3 Å². The Morgan fingerprint density at radius 1 is 1.50 bits per heavy atom. The van der Waals surface area contributed by atoms with Crippen molar-refractivity contribution in [2.45, 2.75) is 6.67 Å². The Bertz CT molecular complexity index is 314. The van der Waals surface area contributed by atoms with Crippen LogP contribution in [0.25, 0.3) is 0 Å². The van der Waals surface area contributed by atoms with E-state index in [1.807, 2.05) is 0 Å². The summed E-state index contributed by atoms with van der Waals surface area (Å²) in [7, 11) is 0. The zero-order valence-corrected chi connectivity index (χ0v) is 5.96. The molecule has 0 heterocycles. The topological polar surface area (TPSA) is 43.1 Å². The van der Waals surface area contributed by atoms with Crippen molar-refractivity contribution in [2.24, 2.45) is 0 Å². The van der Waals surface area contributed by atoms with Crippen LogP contribution in [0.4, 0.5) is 14.5 Å². The van der Waals surface area contributed by atoms with Gasteiger partial charge in [0.1, 0.15) is 12.5 Å². The predicted molar refractivity (Wildman–Crippen MR) is 37.9 cm³/mol. The normalized spacial score (nSPS) is 9.83. The second kappa shape index (κ2) is 3.25. The molecule has 0 bridgehead atoms. The van der Waals surface area contributed by atoms with Crippen molar-refractivity contribution in [3.05, 3.63) is 39.7 Å². The molecule has 0 fully saturated rings. The molecular formula is C7H5F2NO2. The third kappa shape index (κ3) is 1.55. The molecule has 3 nitrogen and oxygen atoms in total. The summed E-state index contributed by atoms with van der Waals surface area (Å²) in [6, 6.07) is 2.69. The van der Waals surface area contributed by atoms with E-state index in [4.69, 9.17) is 0 Å². The molecule has 1 aromatic carbocycles. The summed E-state index contributed by atoms with van der Waals surface area (Å²) in [6.07, 6.45) is 0. The van der Waals surface area contributed by atoms with Crippen molar-refractivity contribution in [3.8, 4) is 0 Å². The lowest BCUT2D eigenvalue weighted by molar-refractivity contribution is -0.385. The molecule has 64 valence electrons. The lowest BCUT2D eigenvalue weighted by Crippen LogP contribution is -1.94. The maximum atomic E-state index is 12.4. The van der Waals surface area contributed by atoms with Crippen LogP contribution in [0.2, 0.25) is 0 Å². The van der Waals surface area contributed by atoms with Crippen LogP contribution in [0.5, 0.6) is 0 Å². The molecule has 0 aliphatic rings. The van der Waals surface area contributed by atoms with Crippen molar-refractivity contribution < 1.29 is 13.7 Å². The fourth-order valence-electron chi connectivity index (χ4n) is 0.839. The van der Waals surface area contributed by atoms with Crippen LogP contribution in [-0.2, 0) is 6.67 Å². The van der Waals surface area contributed by atoms with Crippen LogP contribution >= 0.6 is 0 Å². The standard InChI is InChI=1S/C7H5F2NO2/c8-4-5-3-6(9)1-2-7(5)10(11)12/h1-3H,4H2. The Kier molecular flexibility index (Phi) is 2.32. The summed E-state index contributed by atoms with van der Waals surface area (Å²) in [4.78, 5) is 9.47. The van der Waals surface area contributed by atoms with Crippen LogP contribution < -0.4 is 0 Å². The molecular weight excluding hydrogens is 168 g/mol. The van der Waals surface area contributed by atoms with Gasteiger partial charge in [0.2, 0.25) is 0 Å². The maximum Gasteiger partial charge on any atom is 0.275 e. The Morgan fingerprint density at radius 3 is 2.67 bits per heavy atom. The highest BCUT2D eigenvalue weighted by Gasteiger charge is 2.13. The van der Waals surface area contributed by atoms with Gasteiger partial charge >= 0.3 is 0 Å². The van der Waals surface area contributed by atoms with E-state index in [2.05, 4.69) is 0 Å². The number of rotatable bonds is 2. The monoisotopic (exact) mass is 173 g/mol. The van der Waals surface area contributed by atoms with E-state index in [9.17, 15) is 18.9 Å². The summed E-state index contributed by atoms with van der Waals surface area (Å²) in [5.74, 6) is -0.673. The number of nitrogens with zero attached hydrogens (tertiary/aromatic N) is 1. The first-order valence-electron chi connectivity index (χ1n) is 3.14. The first-order chi connectivity index (χ1) is 5.65. The van der Waals surface area contributed by atoms with E-state index < -0.39 is 17.4 Å². The van der Waals surface area contributed by atoms with Gasteiger partial charge < -0.3 is 0 Å². The zero-order valence-electron chi connectivity index (χ0n) is 5.96. The highest BCUT2D eigenvalue weighted by atomic mass is 19.1. The molecule has 1 aromatic rings. The smallest absolute Gasteiger partial charge is 0.258 e. The number of nitro benzene ring substituents is 1. The van der Waals surface area contributed by atoms with Crippen molar-refractivity contribution in [1.82, 2.24) is 0 Å². The minimum Gasteiger partial charge on any atom is -0.258 e. The number of hydrogen-bond acceptors (Lipinski definition) is 2. The molecule has 0 aromatic heterocycles. The van der Waals surface area contributed by atoms with Crippen molar-refractivity contribution >= 4 is 5.69 Å². The van der Waals surface area contributed by atoms with Gasteiger partial charge in [-0.25, -0.2) is 8.78 Å². The minimum atomic E-state index is -1.03. The van der Waals surface area contributed by atoms with Gasteiger partial charge in [-0.2, -0.15) is 0 Å². The molecule has 5 heteroatoms. The Balaban J connectivity index is 3.20. The molecule has 0 radical (unpaired) electrons. The van der Waals surface area contributed by atoms with Crippen LogP contribution in [-0.4, -0.2) is 4.92 Å². The number of halogens is 2. The molecule has 0 amide bonds. The molecule has 1 rings (SSSR count). The SMILES string of the molecule is O=[N+]([O-])c1ccc(F)cc1CF. The average Bonchev–Trinajstić information content (AvgIpc) is 2.03. The summed E-state index contributed by atoms with van der Waals surface area (Å²) >= 11 is 0. The minimum absolute atomic E-state index is 0.236. The van der Waals surface area contributed by atoms with Crippen molar-refractivity contribution in [2.75, 3.05) is 0 Å². The summed E-state index contributed by atoms with van der Waals surface area (Å²) < 4.78 is 24.5. The number of benzene rings is 1. The summed E-state index contributed by atoms with van der Waals surface area (Å²) in [5, 5.41) is 10.2. The largest absolute Gasteiger partial charge is 0.275 e. The molecule has 0 spiro atoms. The van der Waals surface area contributed by atoms with Gasteiger partial charge in [0, 0.05) is 6.07 Å². The van der Waals surface area contributed by atoms with Gasteiger partial charge in [0.15, 0.2) is 0 Å². The molecule has 0 N–H and O–H groups in total. The van der Waals surface area contributed by atoms with Crippen molar-refractivity contribution in [3.63, 3.8) is 0 Å². The Hall–Kier alpha value is -1.52. The molecule has 0 unspecified atom stereocenters. The van der Waals surface area contributed by atoms with E-state index in [0.717, 1.165) is 18.2 Å². The van der Waals surface area contributed by atoms with Gasteiger partial charge in [-0.05, 0) is 12.1 Å². The third-order valence-corrected chi connectivity index (χ3v) is 1.38. The summed E-state index contributed by atoms with van der Waals surface area (Å²) in [5.41, 5.74) is -0.626. The second-order valence-electron chi connectivity index (χ2n) is 2.16. The Morgan fingerprint density at radius 2 is 2.17 bits per heavy atom. The molecule has 0 saturated heterocycles. The molecule has 0 aliphatic carbocycles. The van der Waals surface area contributed by atoms with Crippen LogP contribution in [0, 0.1) is 15.9 Å². The first-order valence-corrected chi connectivity index (χ1v) is 3.14. The van der Waals surface area contributed by atoms with Crippen LogP contribution in [0.3, 0.4) is 0 Å². The van der Waals surface area contributed by atoms with E-state index >= 15 is 0 Å². The molecule has 0 atom stereocenters. The molecule has 0 aliphatic heterocycles. The lowest BCUT2D eigenvalue weighted by atomic mass is 10.2. The predicted octanol–water partition coefficient (Wildman–Crippen LogP) is 2.20. The zero-order chi connectivity index (χ0) is 9.14. The average molecular weight is 173 g/mol. The van der Waals surface area contributed by atoms with Crippen LogP contribution in [0.1, 0.15) is 5.56 Å². The molecule has 12 heavy (non-hydrogen) atoms. The third-order valence-electron chi connectivity index (χ3n) is 1.38. The van der Waals surface area contributed by atoms with Gasteiger partial charge in [0.25, 0.3) is 5.69 Å². The van der Waals surface area contributed by atoms with Gasteiger partial charge in [-0.15, -0.1) is 0 Å². The van der Waals surface area contributed by atoms with E-state index in [1.165, 1.54) is 0 Å². The van der Waals surface area contributed by atoms with Gasteiger partial charge in [0.05, 0.1) is 10.5 Å². The molecule has 0 saturated carbocycles. The lowest BCUT2D eigenvalue weighted by Gasteiger charge is -1.96.